The minimum absolute atomic E-state index is 0.00313. The molecule has 1 amide bonds. The van der Waals surface area contributed by atoms with Crippen molar-refractivity contribution in [1.29, 1.82) is 0 Å². The van der Waals surface area contributed by atoms with E-state index >= 15 is 0 Å². The number of benzene rings is 1. The average molecular weight is 420 g/mol. The molecular formula is C20H25N3O5S. The Labute approximate surface area is 170 Å². The lowest BCUT2D eigenvalue weighted by Gasteiger charge is -2.18. The molecule has 0 saturated heterocycles. The number of aromatic amines is 1. The van der Waals surface area contributed by atoms with Gasteiger partial charge in [-0.05, 0) is 37.1 Å². The molecule has 1 aliphatic carbocycles. The van der Waals surface area contributed by atoms with Crippen molar-refractivity contribution in [2.24, 2.45) is 0 Å². The first kappa shape index (κ1) is 21.1. The number of aryl methyl sites for hydroxylation is 1. The summed E-state index contributed by atoms with van der Waals surface area (Å²) in [6.45, 7) is 2.65. The summed E-state index contributed by atoms with van der Waals surface area (Å²) in [6.07, 6.45) is 4.79. The molecule has 2 N–H and O–H groups in total. The second-order valence-electron chi connectivity index (χ2n) is 6.91. The van der Waals surface area contributed by atoms with Gasteiger partial charge < -0.3 is 15.0 Å². The van der Waals surface area contributed by atoms with Crippen LogP contribution in [0.2, 0.25) is 0 Å². The van der Waals surface area contributed by atoms with Crippen molar-refractivity contribution in [2.45, 2.75) is 26.2 Å². The number of nitrogens with zero attached hydrogens (tertiary/aromatic N) is 1. The lowest BCUT2D eigenvalue weighted by molar-refractivity contribution is 0.0956. The van der Waals surface area contributed by atoms with Crippen LogP contribution in [0.4, 0.5) is 5.69 Å². The largest absolute Gasteiger partial charge is 0.492 e. The van der Waals surface area contributed by atoms with E-state index in [4.69, 9.17) is 4.74 Å². The van der Waals surface area contributed by atoms with Crippen LogP contribution in [0.1, 0.15) is 46.2 Å². The van der Waals surface area contributed by atoms with Gasteiger partial charge in [-0.25, -0.2) is 8.42 Å². The lowest BCUT2D eigenvalue weighted by Crippen LogP contribution is -2.33. The van der Waals surface area contributed by atoms with E-state index in [0.717, 1.165) is 18.5 Å². The molecule has 1 heterocycles. The summed E-state index contributed by atoms with van der Waals surface area (Å²) >= 11 is 0. The lowest BCUT2D eigenvalue weighted by atomic mass is 9.93. The van der Waals surface area contributed by atoms with Crippen LogP contribution in [-0.4, -0.2) is 55.3 Å². The van der Waals surface area contributed by atoms with E-state index in [1.165, 1.54) is 10.6 Å². The fourth-order valence-electron chi connectivity index (χ4n) is 3.37. The number of rotatable bonds is 8. The maximum atomic E-state index is 12.6. The van der Waals surface area contributed by atoms with E-state index in [1.54, 1.807) is 37.4 Å². The molecule has 1 aromatic carbocycles. The van der Waals surface area contributed by atoms with E-state index in [9.17, 15) is 18.0 Å². The molecule has 0 spiro atoms. The van der Waals surface area contributed by atoms with E-state index < -0.39 is 10.0 Å². The number of hydrogen-bond acceptors (Lipinski definition) is 5. The highest BCUT2D eigenvalue weighted by molar-refractivity contribution is 7.88. The minimum Gasteiger partial charge on any atom is -0.492 e. The molecule has 1 aliphatic rings. The van der Waals surface area contributed by atoms with E-state index in [-0.39, 0.29) is 24.8 Å². The van der Waals surface area contributed by atoms with Gasteiger partial charge in [0.2, 0.25) is 10.0 Å². The van der Waals surface area contributed by atoms with Crippen molar-refractivity contribution in [3.63, 3.8) is 0 Å². The smallest absolute Gasteiger partial charge is 0.257 e. The minimum atomic E-state index is -3.24. The molecule has 9 heteroatoms. The van der Waals surface area contributed by atoms with Crippen LogP contribution in [0.3, 0.4) is 0 Å². The summed E-state index contributed by atoms with van der Waals surface area (Å²) in [5.74, 6) is 0.233. The molecule has 2 aromatic rings. The molecular weight excluding hydrogens is 394 g/mol. The fourth-order valence-corrected chi connectivity index (χ4v) is 4.24. The predicted molar refractivity (Wildman–Crippen MR) is 110 cm³/mol. The number of sulfonamides is 1. The second-order valence-corrected chi connectivity index (χ2v) is 8.90. The molecule has 0 saturated carbocycles. The zero-order valence-corrected chi connectivity index (χ0v) is 17.3. The zero-order valence-electron chi connectivity index (χ0n) is 16.5. The van der Waals surface area contributed by atoms with Crippen LogP contribution in [0, 0.1) is 0 Å². The van der Waals surface area contributed by atoms with Crippen LogP contribution in [0.15, 0.2) is 30.5 Å². The van der Waals surface area contributed by atoms with Gasteiger partial charge in [0.1, 0.15) is 12.4 Å². The molecule has 0 radical (unpaired) electrons. The van der Waals surface area contributed by atoms with Crippen molar-refractivity contribution in [3.8, 4) is 5.75 Å². The molecule has 156 valence electrons. The number of ether oxygens (including phenoxy) is 1. The molecule has 0 fully saturated rings. The van der Waals surface area contributed by atoms with Gasteiger partial charge in [-0.3, -0.25) is 9.59 Å². The van der Waals surface area contributed by atoms with Gasteiger partial charge in [0.25, 0.3) is 5.91 Å². The Morgan fingerprint density at radius 3 is 2.62 bits per heavy atom. The number of Topliss-reactive ketones (excluding diaryl/α,β-unsaturated/α-hetero) is 1. The highest BCUT2D eigenvalue weighted by Gasteiger charge is 2.25. The number of fused-ring (bicyclic) bond motifs is 1. The van der Waals surface area contributed by atoms with Crippen LogP contribution >= 0.6 is 0 Å². The van der Waals surface area contributed by atoms with Crippen LogP contribution in [0.5, 0.6) is 5.75 Å². The third-order valence-electron chi connectivity index (χ3n) is 4.86. The van der Waals surface area contributed by atoms with Gasteiger partial charge in [-0.2, -0.15) is 4.31 Å². The average Bonchev–Trinajstić information content (AvgIpc) is 3.11. The fraction of sp³-hybridized carbons (Fsp3) is 0.400. The summed E-state index contributed by atoms with van der Waals surface area (Å²) in [5, 5.41) is 2.79. The summed E-state index contributed by atoms with van der Waals surface area (Å²) in [4.78, 5) is 27.7. The number of nitrogens with one attached hydrogen (secondary N) is 2. The van der Waals surface area contributed by atoms with Crippen molar-refractivity contribution in [2.75, 3.05) is 31.3 Å². The predicted octanol–water partition coefficient (Wildman–Crippen LogP) is 2.45. The molecule has 0 aliphatic heterocycles. The maximum Gasteiger partial charge on any atom is 0.257 e. The number of likely N-dealkylation sites (N-methyl/N-ethyl adjacent to an activating group) is 1. The molecule has 3 rings (SSSR count). The number of aromatic nitrogens is 1. The van der Waals surface area contributed by atoms with Crippen molar-refractivity contribution in [3.05, 3.63) is 47.3 Å². The van der Waals surface area contributed by atoms with E-state index in [1.807, 2.05) is 0 Å². The first-order valence-electron chi connectivity index (χ1n) is 9.52. The van der Waals surface area contributed by atoms with Gasteiger partial charge in [-0.1, -0.05) is 6.92 Å². The summed E-state index contributed by atoms with van der Waals surface area (Å²) in [6, 6.07) is 6.79. The molecule has 0 unspecified atom stereocenters. The standard InChI is InChI=1S/C20H25N3O5S/c1-3-23(29(2,26)27)11-12-28-15-9-7-14(8-10-15)22-20(25)16-13-21-17-5-4-6-18(24)19(16)17/h7-10,13,21H,3-6,11-12H2,1-2H3,(H,22,25). The third kappa shape index (κ3) is 5.04. The summed E-state index contributed by atoms with van der Waals surface area (Å²) in [5.41, 5.74) is 2.27. The molecule has 0 bridgehead atoms. The Morgan fingerprint density at radius 1 is 1.24 bits per heavy atom. The number of carbonyl (C=O) groups is 2. The van der Waals surface area contributed by atoms with Crippen molar-refractivity contribution < 1.29 is 22.7 Å². The number of anilines is 1. The Bertz CT molecular complexity index is 996. The first-order valence-corrected chi connectivity index (χ1v) is 11.4. The number of carbonyl (C=O) groups excluding carboxylic acids is 2. The first-order chi connectivity index (χ1) is 13.8. The summed E-state index contributed by atoms with van der Waals surface area (Å²) in [7, 11) is -3.24. The monoisotopic (exact) mass is 419 g/mol. The number of amides is 1. The second kappa shape index (κ2) is 8.79. The van der Waals surface area contributed by atoms with Gasteiger partial charge in [-0.15, -0.1) is 0 Å². The highest BCUT2D eigenvalue weighted by atomic mass is 32.2. The Hall–Kier alpha value is -2.65. The van der Waals surface area contributed by atoms with Crippen LogP contribution in [0.25, 0.3) is 0 Å². The molecule has 1 aromatic heterocycles. The maximum absolute atomic E-state index is 12.6. The molecule has 29 heavy (non-hydrogen) atoms. The highest BCUT2D eigenvalue weighted by Crippen LogP contribution is 2.25. The van der Waals surface area contributed by atoms with Gasteiger partial charge in [0, 0.05) is 37.1 Å². The number of H-pyrrole nitrogens is 1. The van der Waals surface area contributed by atoms with Gasteiger partial charge in [0.15, 0.2) is 5.78 Å². The van der Waals surface area contributed by atoms with Crippen LogP contribution in [-0.2, 0) is 16.4 Å². The molecule has 0 atom stereocenters. The normalized spacial score (nSPS) is 14.0. The zero-order chi connectivity index (χ0) is 21.0. The Balaban J connectivity index is 1.58. The van der Waals surface area contributed by atoms with Crippen LogP contribution < -0.4 is 10.1 Å². The topological polar surface area (TPSA) is 109 Å². The van der Waals surface area contributed by atoms with Crippen molar-refractivity contribution in [1.82, 2.24) is 9.29 Å². The van der Waals surface area contributed by atoms with E-state index in [2.05, 4.69) is 10.3 Å². The number of ketones is 1. The Kier molecular flexibility index (Phi) is 6.39. The number of hydrogen-bond donors (Lipinski definition) is 2. The summed E-state index contributed by atoms with van der Waals surface area (Å²) < 4.78 is 30.1. The quantitative estimate of drug-likeness (QED) is 0.683. The SMILES string of the molecule is CCN(CCOc1ccc(NC(=O)c2c[nH]c3c2C(=O)CCC3)cc1)S(C)(=O)=O. The van der Waals surface area contributed by atoms with Gasteiger partial charge >= 0.3 is 0 Å². The third-order valence-corrected chi connectivity index (χ3v) is 6.24. The van der Waals surface area contributed by atoms with Gasteiger partial charge in [0.05, 0.1) is 17.4 Å². The molecule has 8 nitrogen and oxygen atoms in total. The van der Waals surface area contributed by atoms with Crippen molar-refractivity contribution >= 4 is 27.4 Å². The van der Waals surface area contributed by atoms with E-state index in [0.29, 0.717) is 35.5 Å². The Morgan fingerprint density at radius 2 is 1.97 bits per heavy atom.